The lowest BCUT2D eigenvalue weighted by molar-refractivity contribution is -0.137. The number of urea groups is 1. The summed E-state index contributed by atoms with van der Waals surface area (Å²) >= 11 is 0. The Hall–Kier alpha value is -4.27. The number of hydrogen-bond acceptors (Lipinski definition) is 5. The number of pyridine rings is 1. The van der Waals surface area contributed by atoms with Gasteiger partial charge in [-0.25, -0.2) is 4.79 Å². The van der Waals surface area contributed by atoms with Crippen molar-refractivity contribution in [3.8, 4) is 17.2 Å². The fourth-order valence-electron chi connectivity index (χ4n) is 3.15. The summed E-state index contributed by atoms with van der Waals surface area (Å²) in [6.45, 7) is 1.59. The number of hydrogen-bond donors (Lipinski definition) is 4. The van der Waals surface area contributed by atoms with E-state index in [9.17, 15) is 24.6 Å². The summed E-state index contributed by atoms with van der Waals surface area (Å²) in [5.74, 6) is -0.400. The molecule has 1 unspecified atom stereocenters. The van der Waals surface area contributed by atoms with Crippen molar-refractivity contribution in [2.45, 2.75) is 19.4 Å². The molecule has 1 aromatic heterocycles. The van der Waals surface area contributed by atoms with Gasteiger partial charge in [-0.3, -0.25) is 9.59 Å². The molecule has 9 heteroatoms. The zero-order valence-corrected chi connectivity index (χ0v) is 17.5. The molecular weight excluding hydrogens is 414 g/mol. The van der Waals surface area contributed by atoms with Crippen LogP contribution in [0, 0.1) is 6.92 Å². The zero-order valence-electron chi connectivity index (χ0n) is 17.5. The van der Waals surface area contributed by atoms with Gasteiger partial charge in [0.2, 0.25) is 0 Å². The van der Waals surface area contributed by atoms with Gasteiger partial charge in [-0.05, 0) is 36.8 Å². The predicted molar refractivity (Wildman–Crippen MR) is 118 cm³/mol. The quantitative estimate of drug-likeness (QED) is 0.447. The number of nitrogens with one attached hydrogen (secondary N) is 2. The predicted octanol–water partition coefficient (Wildman–Crippen LogP) is 3.53. The molecule has 1 atom stereocenters. The van der Waals surface area contributed by atoms with Crippen molar-refractivity contribution in [1.82, 2.24) is 9.88 Å². The number of para-hydroxylation sites is 1. The van der Waals surface area contributed by atoms with Gasteiger partial charge in [0.1, 0.15) is 17.2 Å². The molecule has 2 aromatic carbocycles. The van der Waals surface area contributed by atoms with Gasteiger partial charge < -0.3 is 30.2 Å². The van der Waals surface area contributed by atoms with Crippen molar-refractivity contribution < 1.29 is 24.5 Å². The molecule has 0 radical (unpaired) electrons. The molecule has 9 nitrogen and oxygen atoms in total. The number of anilines is 1. The van der Waals surface area contributed by atoms with Gasteiger partial charge in [0.15, 0.2) is 5.69 Å². The minimum absolute atomic E-state index is 0.291. The second kappa shape index (κ2) is 9.69. The Labute approximate surface area is 183 Å². The molecule has 1 heterocycles. The first-order chi connectivity index (χ1) is 15.2. The van der Waals surface area contributed by atoms with E-state index in [1.807, 2.05) is 18.2 Å². The van der Waals surface area contributed by atoms with E-state index in [2.05, 4.69) is 10.6 Å². The summed E-state index contributed by atoms with van der Waals surface area (Å²) in [4.78, 5) is 36.3. The van der Waals surface area contributed by atoms with Crippen LogP contribution in [-0.2, 0) is 11.8 Å². The molecular formula is C23H23N3O6. The highest BCUT2D eigenvalue weighted by Crippen LogP contribution is 2.27. The number of benzene rings is 2. The van der Waals surface area contributed by atoms with E-state index in [0.717, 1.165) is 0 Å². The summed E-state index contributed by atoms with van der Waals surface area (Å²) in [5.41, 5.74) is 0.00382. The van der Waals surface area contributed by atoms with Gasteiger partial charge in [-0.15, -0.1) is 0 Å². The smallest absolute Gasteiger partial charge is 0.319 e. The van der Waals surface area contributed by atoms with Gasteiger partial charge in [0.05, 0.1) is 12.5 Å². The molecule has 0 aliphatic heterocycles. The summed E-state index contributed by atoms with van der Waals surface area (Å²) in [6.07, 6.45) is 1.03. The first kappa shape index (κ1) is 22.4. The number of aliphatic carboxylic acids is 1. The highest BCUT2D eigenvalue weighted by Gasteiger charge is 2.21. The maximum atomic E-state index is 12.6. The van der Waals surface area contributed by atoms with Crippen LogP contribution >= 0.6 is 0 Å². The monoisotopic (exact) mass is 437 g/mol. The van der Waals surface area contributed by atoms with Crippen LogP contribution < -0.4 is 20.9 Å². The summed E-state index contributed by atoms with van der Waals surface area (Å²) in [6, 6.07) is 14.0. The van der Waals surface area contributed by atoms with Gasteiger partial charge >= 0.3 is 12.0 Å². The third kappa shape index (κ3) is 5.45. The van der Waals surface area contributed by atoms with Crippen LogP contribution in [0.25, 0.3) is 0 Å². The first-order valence-corrected chi connectivity index (χ1v) is 9.76. The van der Waals surface area contributed by atoms with Gasteiger partial charge in [-0.2, -0.15) is 0 Å². The summed E-state index contributed by atoms with van der Waals surface area (Å²) in [5, 5.41) is 24.4. The molecule has 0 saturated carbocycles. The molecule has 3 aromatic rings. The van der Waals surface area contributed by atoms with Crippen molar-refractivity contribution in [2.24, 2.45) is 7.05 Å². The number of rotatable bonds is 7. The number of aromatic nitrogens is 1. The molecule has 0 saturated heterocycles. The summed E-state index contributed by atoms with van der Waals surface area (Å²) < 4.78 is 7.01. The fraction of sp³-hybridized carbons (Fsp3) is 0.174. The SMILES string of the molecule is Cc1cn(C)c(=O)c(NC(=O)NC(CC(=O)O)c2cccc(Oc3ccccc3)c2)c1O. The molecule has 32 heavy (non-hydrogen) atoms. The standard InChI is InChI=1S/C23H23N3O6/c1-14-13-26(2)22(30)20(21(14)29)25-23(31)24-18(12-19(27)28)15-7-6-10-17(11-15)32-16-8-4-3-5-9-16/h3-11,13,18,29H,12H2,1-2H3,(H,27,28)(H2,24,25,31). The number of carbonyl (C=O) groups excluding carboxylic acids is 1. The van der Waals surface area contributed by atoms with E-state index in [-0.39, 0.29) is 11.4 Å². The van der Waals surface area contributed by atoms with Crippen molar-refractivity contribution in [1.29, 1.82) is 0 Å². The summed E-state index contributed by atoms with van der Waals surface area (Å²) in [7, 11) is 1.49. The highest BCUT2D eigenvalue weighted by atomic mass is 16.5. The maximum Gasteiger partial charge on any atom is 0.319 e. The molecule has 166 valence electrons. The van der Waals surface area contributed by atoms with Gasteiger partial charge in [0, 0.05) is 18.8 Å². The van der Waals surface area contributed by atoms with Crippen LogP contribution in [-0.4, -0.2) is 26.8 Å². The fourth-order valence-corrected chi connectivity index (χ4v) is 3.15. The topological polar surface area (TPSA) is 130 Å². The molecule has 4 N–H and O–H groups in total. The van der Waals surface area contributed by atoms with Gasteiger partial charge in [0.25, 0.3) is 5.56 Å². The van der Waals surface area contributed by atoms with Crippen molar-refractivity contribution in [3.63, 3.8) is 0 Å². The lowest BCUT2D eigenvalue weighted by Crippen LogP contribution is -2.36. The molecule has 0 aliphatic rings. The molecule has 0 bridgehead atoms. The Bertz CT molecular complexity index is 1190. The number of nitrogens with zero attached hydrogens (tertiary/aromatic N) is 1. The van der Waals surface area contributed by atoms with E-state index in [1.54, 1.807) is 43.3 Å². The minimum atomic E-state index is -1.13. The Morgan fingerprint density at radius 1 is 1.09 bits per heavy atom. The van der Waals surface area contributed by atoms with Crippen LogP contribution in [0.3, 0.4) is 0 Å². The normalized spacial score (nSPS) is 11.4. The van der Waals surface area contributed by atoms with Crippen LogP contribution in [0.2, 0.25) is 0 Å². The van der Waals surface area contributed by atoms with E-state index < -0.39 is 30.0 Å². The number of carboxylic acid groups (broad SMARTS) is 1. The van der Waals surface area contributed by atoms with E-state index in [1.165, 1.54) is 17.8 Å². The Balaban J connectivity index is 1.82. The zero-order chi connectivity index (χ0) is 23.3. The second-order valence-electron chi connectivity index (χ2n) is 7.19. The number of ether oxygens (including phenoxy) is 1. The molecule has 0 aliphatic carbocycles. The molecule has 0 fully saturated rings. The Kier molecular flexibility index (Phi) is 6.79. The average Bonchev–Trinajstić information content (AvgIpc) is 2.75. The average molecular weight is 437 g/mol. The van der Waals surface area contributed by atoms with Crippen LogP contribution in [0.5, 0.6) is 17.2 Å². The third-order valence-electron chi connectivity index (χ3n) is 4.69. The Morgan fingerprint density at radius 3 is 2.47 bits per heavy atom. The minimum Gasteiger partial charge on any atom is -0.505 e. The van der Waals surface area contributed by atoms with E-state index >= 15 is 0 Å². The number of aromatic hydroxyl groups is 1. The first-order valence-electron chi connectivity index (χ1n) is 9.76. The second-order valence-corrected chi connectivity index (χ2v) is 7.19. The number of aryl methyl sites for hydroxylation is 2. The van der Waals surface area contributed by atoms with E-state index in [4.69, 9.17) is 4.74 Å². The van der Waals surface area contributed by atoms with Gasteiger partial charge in [-0.1, -0.05) is 30.3 Å². The number of carbonyl (C=O) groups is 2. The van der Waals surface area contributed by atoms with Crippen molar-refractivity contribution >= 4 is 17.7 Å². The van der Waals surface area contributed by atoms with E-state index in [0.29, 0.717) is 22.6 Å². The highest BCUT2D eigenvalue weighted by molar-refractivity contribution is 5.91. The van der Waals surface area contributed by atoms with Crippen molar-refractivity contribution in [3.05, 3.63) is 82.3 Å². The van der Waals surface area contributed by atoms with Crippen molar-refractivity contribution in [2.75, 3.05) is 5.32 Å². The lowest BCUT2D eigenvalue weighted by atomic mass is 10.0. The number of carboxylic acids is 1. The molecule has 3 rings (SSSR count). The Morgan fingerprint density at radius 2 is 1.78 bits per heavy atom. The largest absolute Gasteiger partial charge is 0.505 e. The lowest BCUT2D eigenvalue weighted by Gasteiger charge is -2.19. The van der Waals surface area contributed by atoms with Crippen LogP contribution in [0.15, 0.2) is 65.6 Å². The third-order valence-corrected chi connectivity index (χ3v) is 4.69. The molecule has 0 spiro atoms. The maximum absolute atomic E-state index is 12.6. The van der Waals surface area contributed by atoms with Crippen LogP contribution in [0.1, 0.15) is 23.6 Å². The van der Waals surface area contributed by atoms with Crippen LogP contribution in [0.4, 0.5) is 10.5 Å². The molecule has 2 amide bonds. The number of amides is 2.